The van der Waals surface area contributed by atoms with E-state index >= 15 is 0 Å². The van der Waals surface area contributed by atoms with Crippen LogP contribution < -0.4 is 4.90 Å². The number of hydrogen-bond acceptors (Lipinski definition) is 6. The molecule has 4 aromatic rings. The molecule has 0 atom stereocenters. The second-order valence-electron chi connectivity index (χ2n) is 6.32. The van der Waals surface area contributed by atoms with E-state index in [9.17, 15) is 14.0 Å². The van der Waals surface area contributed by atoms with Crippen LogP contribution in [0.25, 0.3) is 5.65 Å². The fourth-order valence-corrected chi connectivity index (χ4v) is 3.10. The lowest BCUT2D eigenvalue weighted by atomic mass is 10.1. The van der Waals surface area contributed by atoms with Gasteiger partial charge in [-0.3, -0.25) is 14.4 Å². The Labute approximate surface area is 170 Å². The maximum atomic E-state index is 14.0. The van der Waals surface area contributed by atoms with Crippen LogP contribution >= 0.6 is 0 Å². The Morgan fingerprint density at radius 3 is 2.73 bits per heavy atom. The number of pyridine rings is 1. The van der Waals surface area contributed by atoms with E-state index in [1.54, 1.807) is 38.4 Å². The second kappa shape index (κ2) is 7.74. The van der Waals surface area contributed by atoms with Gasteiger partial charge in [-0.1, -0.05) is 6.07 Å². The number of nitrogens with zero attached hydrogens (tertiary/aromatic N) is 6. The quantitative estimate of drug-likeness (QED) is 0.471. The number of ether oxygens (including phenoxy) is 1. The SMILES string of the molecule is CCOC(=O)c1cnn(C)c1C(=O)N(c1cccc(F)c1)c1ccn2ncnc2c1. The molecule has 3 aromatic heterocycles. The molecule has 9 nitrogen and oxygen atoms in total. The maximum Gasteiger partial charge on any atom is 0.342 e. The van der Waals surface area contributed by atoms with E-state index in [0.717, 1.165) is 0 Å². The van der Waals surface area contributed by atoms with Gasteiger partial charge in [0.25, 0.3) is 5.91 Å². The molecule has 4 rings (SSSR count). The van der Waals surface area contributed by atoms with E-state index in [1.165, 1.54) is 44.8 Å². The number of hydrogen-bond donors (Lipinski definition) is 0. The first kappa shape index (κ1) is 19.2. The highest BCUT2D eigenvalue weighted by molar-refractivity contribution is 6.14. The third kappa shape index (κ3) is 3.39. The van der Waals surface area contributed by atoms with Gasteiger partial charge in [-0.2, -0.15) is 10.2 Å². The zero-order valence-electron chi connectivity index (χ0n) is 16.2. The molecule has 0 bridgehead atoms. The van der Waals surface area contributed by atoms with Crippen LogP contribution in [0.2, 0.25) is 0 Å². The Morgan fingerprint density at radius 1 is 1.17 bits per heavy atom. The van der Waals surface area contributed by atoms with Gasteiger partial charge >= 0.3 is 5.97 Å². The van der Waals surface area contributed by atoms with Gasteiger partial charge < -0.3 is 4.74 Å². The highest BCUT2D eigenvalue weighted by atomic mass is 19.1. The summed E-state index contributed by atoms with van der Waals surface area (Å²) in [6.45, 7) is 1.82. The van der Waals surface area contributed by atoms with Gasteiger partial charge in [0.1, 0.15) is 23.4 Å². The number of carbonyl (C=O) groups is 2. The number of aryl methyl sites for hydroxylation is 1. The van der Waals surface area contributed by atoms with Crippen molar-refractivity contribution in [3.63, 3.8) is 0 Å². The summed E-state index contributed by atoms with van der Waals surface area (Å²) in [6.07, 6.45) is 4.29. The number of rotatable bonds is 5. The first-order chi connectivity index (χ1) is 14.5. The number of benzene rings is 1. The van der Waals surface area contributed by atoms with Crippen LogP contribution in [0.1, 0.15) is 27.8 Å². The lowest BCUT2D eigenvalue weighted by molar-refractivity contribution is 0.0523. The van der Waals surface area contributed by atoms with E-state index in [-0.39, 0.29) is 23.6 Å². The Balaban J connectivity index is 1.87. The minimum atomic E-state index is -0.666. The van der Waals surface area contributed by atoms with E-state index in [2.05, 4.69) is 15.2 Å². The van der Waals surface area contributed by atoms with Crippen molar-refractivity contribution in [1.29, 1.82) is 0 Å². The second-order valence-corrected chi connectivity index (χ2v) is 6.32. The fourth-order valence-electron chi connectivity index (χ4n) is 3.10. The summed E-state index contributed by atoms with van der Waals surface area (Å²) in [6, 6.07) is 8.88. The van der Waals surface area contributed by atoms with Gasteiger partial charge in [0.15, 0.2) is 5.65 Å². The molecule has 0 saturated heterocycles. The molecule has 0 unspecified atom stereocenters. The first-order valence-electron chi connectivity index (χ1n) is 9.08. The number of aromatic nitrogens is 5. The number of halogens is 1. The molecular formula is C20H17FN6O3. The summed E-state index contributed by atoms with van der Waals surface area (Å²) in [7, 11) is 1.54. The number of esters is 1. The lowest BCUT2D eigenvalue weighted by Gasteiger charge is -2.23. The van der Waals surface area contributed by atoms with Gasteiger partial charge in [0.2, 0.25) is 0 Å². The molecule has 152 valence electrons. The van der Waals surface area contributed by atoms with Gasteiger partial charge in [-0.05, 0) is 31.2 Å². The molecule has 0 fully saturated rings. The van der Waals surface area contributed by atoms with Gasteiger partial charge in [-0.25, -0.2) is 18.7 Å². The van der Waals surface area contributed by atoms with Crippen molar-refractivity contribution in [2.75, 3.05) is 11.5 Å². The first-order valence-corrected chi connectivity index (χ1v) is 9.08. The van der Waals surface area contributed by atoms with Crippen LogP contribution in [-0.2, 0) is 11.8 Å². The van der Waals surface area contributed by atoms with E-state index < -0.39 is 17.7 Å². The Bertz CT molecular complexity index is 1250. The Kier molecular flexibility index (Phi) is 4.97. The molecule has 0 saturated carbocycles. The maximum absolute atomic E-state index is 14.0. The molecule has 0 radical (unpaired) electrons. The number of fused-ring (bicyclic) bond motifs is 1. The van der Waals surface area contributed by atoms with Crippen molar-refractivity contribution in [3.05, 3.63) is 72.2 Å². The fraction of sp³-hybridized carbons (Fsp3) is 0.150. The molecule has 10 heteroatoms. The van der Waals surface area contributed by atoms with Crippen molar-refractivity contribution in [3.8, 4) is 0 Å². The highest BCUT2D eigenvalue weighted by Gasteiger charge is 2.29. The molecule has 0 N–H and O–H groups in total. The van der Waals surface area contributed by atoms with Crippen molar-refractivity contribution >= 4 is 28.9 Å². The van der Waals surface area contributed by atoms with Gasteiger partial charge in [0, 0.05) is 19.3 Å². The van der Waals surface area contributed by atoms with E-state index in [0.29, 0.717) is 11.3 Å². The van der Waals surface area contributed by atoms with E-state index in [1.807, 2.05) is 0 Å². The third-order valence-corrected chi connectivity index (χ3v) is 4.43. The number of anilines is 2. The average Bonchev–Trinajstić information content (AvgIpc) is 3.34. The molecule has 0 aliphatic rings. The lowest BCUT2D eigenvalue weighted by Crippen LogP contribution is -2.30. The molecule has 30 heavy (non-hydrogen) atoms. The monoisotopic (exact) mass is 408 g/mol. The summed E-state index contributed by atoms with van der Waals surface area (Å²) in [4.78, 5) is 31.4. The molecule has 0 aliphatic carbocycles. The average molecular weight is 408 g/mol. The summed E-state index contributed by atoms with van der Waals surface area (Å²) in [5, 5.41) is 8.08. The van der Waals surface area contributed by atoms with Crippen LogP contribution in [0.15, 0.2) is 55.1 Å². The standard InChI is InChI=1S/C20H17FN6O3/c1-3-30-20(29)16-11-23-25(2)18(16)19(28)27(14-6-4-5-13(21)9-14)15-7-8-26-17(10-15)22-12-24-26/h4-12H,3H2,1-2H3. The van der Waals surface area contributed by atoms with E-state index in [4.69, 9.17) is 4.74 Å². The molecular weight excluding hydrogens is 391 g/mol. The van der Waals surface area contributed by atoms with Crippen molar-refractivity contribution in [1.82, 2.24) is 24.4 Å². The van der Waals surface area contributed by atoms with Crippen molar-refractivity contribution < 1.29 is 18.7 Å². The molecule has 3 heterocycles. The van der Waals surface area contributed by atoms with Crippen LogP contribution in [0.3, 0.4) is 0 Å². The van der Waals surface area contributed by atoms with Crippen molar-refractivity contribution in [2.45, 2.75) is 6.92 Å². The smallest absolute Gasteiger partial charge is 0.342 e. The summed E-state index contributed by atoms with van der Waals surface area (Å²) < 4.78 is 21.9. The van der Waals surface area contributed by atoms with Gasteiger partial charge in [-0.15, -0.1) is 0 Å². The van der Waals surface area contributed by atoms with Crippen molar-refractivity contribution in [2.24, 2.45) is 7.05 Å². The number of carbonyl (C=O) groups excluding carboxylic acids is 2. The number of amides is 1. The van der Waals surface area contributed by atoms with Crippen LogP contribution in [0.4, 0.5) is 15.8 Å². The van der Waals surface area contributed by atoms with Crippen LogP contribution in [0.5, 0.6) is 0 Å². The zero-order valence-corrected chi connectivity index (χ0v) is 16.2. The molecule has 1 aromatic carbocycles. The normalized spacial score (nSPS) is 10.9. The molecule has 1 amide bonds. The Hall–Kier alpha value is -4.08. The summed E-state index contributed by atoms with van der Waals surface area (Å²) >= 11 is 0. The topological polar surface area (TPSA) is 94.6 Å². The summed E-state index contributed by atoms with van der Waals surface area (Å²) in [5.41, 5.74) is 1.23. The highest BCUT2D eigenvalue weighted by Crippen LogP contribution is 2.29. The minimum absolute atomic E-state index is 0.0130. The predicted molar refractivity (Wildman–Crippen MR) is 105 cm³/mol. The van der Waals surface area contributed by atoms with Crippen LogP contribution in [-0.4, -0.2) is 42.9 Å². The zero-order chi connectivity index (χ0) is 21.3. The molecule has 0 aliphatic heterocycles. The minimum Gasteiger partial charge on any atom is -0.462 e. The third-order valence-electron chi connectivity index (χ3n) is 4.43. The van der Waals surface area contributed by atoms with Crippen LogP contribution in [0, 0.1) is 5.82 Å². The Morgan fingerprint density at radius 2 is 1.97 bits per heavy atom. The summed E-state index contributed by atoms with van der Waals surface area (Å²) in [5.74, 6) is -1.75. The molecule has 0 spiro atoms. The predicted octanol–water partition coefficient (Wildman–Crippen LogP) is 2.76. The van der Waals surface area contributed by atoms with Gasteiger partial charge in [0.05, 0.1) is 24.2 Å². The largest absolute Gasteiger partial charge is 0.462 e.